The minimum absolute atomic E-state index is 0.176. The summed E-state index contributed by atoms with van der Waals surface area (Å²) in [5.41, 5.74) is 0.949. The molecule has 5 heteroatoms. The van der Waals surface area contributed by atoms with Crippen molar-refractivity contribution in [3.63, 3.8) is 0 Å². The van der Waals surface area contributed by atoms with Crippen molar-refractivity contribution in [2.24, 2.45) is 0 Å². The number of nitro groups is 1. The number of nitrogens with zero attached hydrogens (tertiary/aromatic N) is 1. The van der Waals surface area contributed by atoms with Gasteiger partial charge in [0.25, 0.3) is 5.69 Å². The van der Waals surface area contributed by atoms with Gasteiger partial charge in [-0.15, -0.1) is 0 Å². The molecule has 1 fully saturated rings. The number of hydrogen-bond donors (Lipinski definition) is 1. The summed E-state index contributed by atoms with van der Waals surface area (Å²) >= 11 is 0. The Labute approximate surface area is 93.6 Å². The summed E-state index contributed by atoms with van der Waals surface area (Å²) in [5.74, 6) is 0. The molecule has 0 saturated carbocycles. The van der Waals surface area contributed by atoms with Gasteiger partial charge in [0.05, 0.1) is 18.1 Å². The van der Waals surface area contributed by atoms with E-state index in [-0.39, 0.29) is 16.7 Å². The number of para-hydroxylation sites is 1. The molecule has 1 aromatic carbocycles. The van der Waals surface area contributed by atoms with Gasteiger partial charge in [-0.25, -0.2) is 0 Å². The lowest BCUT2D eigenvalue weighted by atomic mass is 10.0. The van der Waals surface area contributed by atoms with Gasteiger partial charge in [-0.3, -0.25) is 10.1 Å². The highest BCUT2D eigenvalue weighted by Gasteiger charge is 2.19. The molecule has 1 aliphatic heterocycles. The van der Waals surface area contributed by atoms with Gasteiger partial charge in [-0.1, -0.05) is 18.2 Å². The van der Waals surface area contributed by atoms with Crippen molar-refractivity contribution >= 4 is 5.69 Å². The van der Waals surface area contributed by atoms with Crippen molar-refractivity contribution < 1.29 is 9.66 Å². The molecule has 1 unspecified atom stereocenters. The number of nitro benzene ring substituents is 1. The van der Waals surface area contributed by atoms with Crippen LogP contribution in [0.15, 0.2) is 24.3 Å². The van der Waals surface area contributed by atoms with E-state index in [1.807, 2.05) is 6.07 Å². The number of ether oxygens (including phenoxy) is 1. The zero-order valence-corrected chi connectivity index (χ0v) is 8.89. The highest BCUT2D eigenvalue weighted by atomic mass is 16.6. The molecule has 1 atom stereocenters. The van der Waals surface area contributed by atoms with Gasteiger partial charge in [0.15, 0.2) is 0 Å². The van der Waals surface area contributed by atoms with Gasteiger partial charge >= 0.3 is 0 Å². The molecule has 1 N–H and O–H groups in total. The van der Waals surface area contributed by atoms with E-state index in [2.05, 4.69) is 5.32 Å². The third-order valence-corrected chi connectivity index (χ3v) is 2.65. The maximum absolute atomic E-state index is 10.8. The average Bonchev–Trinajstić information content (AvgIpc) is 2.31. The van der Waals surface area contributed by atoms with Crippen LogP contribution in [0.3, 0.4) is 0 Å². The van der Waals surface area contributed by atoms with Crippen molar-refractivity contribution in [3.05, 3.63) is 39.9 Å². The van der Waals surface area contributed by atoms with E-state index in [0.717, 1.165) is 12.1 Å². The summed E-state index contributed by atoms with van der Waals surface area (Å²) < 4.78 is 5.32. The quantitative estimate of drug-likeness (QED) is 0.615. The lowest BCUT2D eigenvalue weighted by Gasteiger charge is -2.23. The van der Waals surface area contributed by atoms with Gasteiger partial charge in [-0.05, 0) is 6.42 Å². The predicted molar refractivity (Wildman–Crippen MR) is 59.4 cm³/mol. The number of morpholine rings is 1. The van der Waals surface area contributed by atoms with Crippen LogP contribution in [-0.2, 0) is 11.2 Å². The fourth-order valence-corrected chi connectivity index (χ4v) is 1.88. The summed E-state index contributed by atoms with van der Waals surface area (Å²) in [5, 5.41) is 14.1. The fourth-order valence-electron chi connectivity index (χ4n) is 1.88. The summed E-state index contributed by atoms with van der Waals surface area (Å²) in [6.07, 6.45) is 0.636. The first-order valence-corrected chi connectivity index (χ1v) is 5.31. The second-order valence-corrected chi connectivity index (χ2v) is 3.82. The predicted octanol–water partition coefficient (Wildman–Crippen LogP) is 1.13. The van der Waals surface area contributed by atoms with Gasteiger partial charge < -0.3 is 10.1 Å². The Morgan fingerprint density at radius 1 is 1.50 bits per heavy atom. The van der Waals surface area contributed by atoms with Crippen molar-refractivity contribution in [1.29, 1.82) is 0 Å². The normalized spacial score (nSPS) is 20.6. The molecule has 1 saturated heterocycles. The third-order valence-electron chi connectivity index (χ3n) is 2.65. The second-order valence-electron chi connectivity index (χ2n) is 3.82. The smallest absolute Gasteiger partial charge is 0.272 e. The molecule has 2 rings (SSSR count). The molecule has 16 heavy (non-hydrogen) atoms. The van der Waals surface area contributed by atoms with Crippen LogP contribution in [0.25, 0.3) is 0 Å². The average molecular weight is 222 g/mol. The minimum atomic E-state index is -0.334. The van der Waals surface area contributed by atoms with E-state index < -0.39 is 0 Å². The number of nitrogens with one attached hydrogen (secondary N) is 1. The molecular weight excluding hydrogens is 208 g/mol. The second kappa shape index (κ2) is 5.05. The van der Waals surface area contributed by atoms with Crippen molar-refractivity contribution in [1.82, 2.24) is 5.32 Å². The van der Waals surface area contributed by atoms with E-state index in [9.17, 15) is 10.1 Å². The topological polar surface area (TPSA) is 64.4 Å². The molecule has 1 aliphatic rings. The fraction of sp³-hybridized carbons (Fsp3) is 0.455. The summed E-state index contributed by atoms with van der Waals surface area (Å²) in [6, 6.07) is 7.03. The number of rotatable bonds is 3. The molecule has 0 aromatic heterocycles. The Bertz CT molecular complexity index is 375. The Morgan fingerprint density at radius 3 is 3.00 bits per heavy atom. The Morgan fingerprint density at radius 2 is 2.31 bits per heavy atom. The van der Waals surface area contributed by atoms with E-state index in [0.29, 0.717) is 19.6 Å². The van der Waals surface area contributed by atoms with E-state index in [1.165, 1.54) is 0 Å². The van der Waals surface area contributed by atoms with Crippen LogP contribution in [0.1, 0.15) is 5.56 Å². The van der Waals surface area contributed by atoms with Crippen LogP contribution in [-0.4, -0.2) is 30.7 Å². The first-order valence-electron chi connectivity index (χ1n) is 5.31. The molecule has 0 spiro atoms. The first-order chi connectivity index (χ1) is 7.77. The number of hydrogen-bond acceptors (Lipinski definition) is 4. The molecule has 0 aliphatic carbocycles. The molecule has 0 bridgehead atoms. The summed E-state index contributed by atoms with van der Waals surface area (Å²) in [7, 11) is 0. The molecule has 1 aromatic rings. The summed E-state index contributed by atoms with van der Waals surface area (Å²) in [6.45, 7) is 2.14. The SMILES string of the molecule is O=[N+]([O-])c1ccccc1CC1COCCN1. The monoisotopic (exact) mass is 222 g/mol. The lowest BCUT2D eigenvalue weighted by molar-refractivity contribution is -0.385. The van der Waals surface area contributed by atoms with E-state index in [4.69, 9.17) is 4.74 Å². The van der Waals surface area contributed by atoms with Gasteiger partial charge in [0.1, 0.15) is 0 Å². The zero-order valence-electron chi connectivity index (χ0n) is 8.89. The van der Waals surface area contributed by atoms with Gasteiger partial charge in [-0.2, -0.15) is 0 Å². The molecule has 0 amide bonds. The molecule has 5 nitrogen and oxygen atoms in total. The third kappa shape index (κ3) is 2.56. The molecule has 0 radical (unpaired) electrons. The summed E-state index contributed by atoms with van der Waals surface area (Å²) in [4.78, 5) is 10.5. The van der Waals surface area contributed by atoms with Gasteiger partial charge in [0.2, 0.25) is 0 Å². The maximum atomic E-state index is 10.8. The Balaban J connectivity index is 2.10. The van der Waals surface area contributed by atoms with Crippen LogP contribution in [0.4, 0.5) is 5.69 Å². The highest BCUT2D eigenvalue weighted by Crippen LogP contribution is 2.19. The largest absolute Gasteiger partial charge is 0.379 e. The number of benzene rings is 1. The molecule has 86 valence electrons. The van der Waals surface area contributed by atoms with Crippen molar-refractivity contribution in [3.8, 4) is 0 Å². The lowest BCUT2D eigenvalue weighted by Crippen LogP contribution is -2.42. The maximum Gasteiger partial charge on any atom is 0.272 e. The van der Waals surface area contributed by atoms with E-state index >= 15 is 0 Å². The highest BCUT2D eigenvalue weighted by molar-refractivity contribution is 5.40. The van der Waals surface area contributed by atoms with Gasteiger partial charge in [0, 0.05) is 24.2 Å². The Hall–Kier alpha value is -1.46. The first kappa shape index (κ1) is 11.0. The molecular formula is C11H14N2O3. The van der Waals surface area contributed by atoms with Crippen LogP contribution in [0, 0.1) is 10.1 Å². The standard InChI is InChI=1S/C11H14N2O3/c14-13(15)11-4-2-1-3-9(11)7-10-8-16-6-5-12-10/h1-4,10,12H,5-8H2. The van der Waals surface area contributed by atoms with Crippen molar-refractivity contribution in [2.75, 3.05) is 19.8 Å². The van der Waals surface area contributed by atoms with Crippen LogP contribution >= 0.6 is 0 Å². The molecule has 1 heterocycles. The zero-order chi connectivity index (χ0) is 11.4. The van der Waals surface area contributed by atoms with Crippen LogP contribution < -0.4 is 5.32 Å². The minimum Gasteiger partial charge on any atom is -0.379 e. The van der Waals surface area contributed by atoms with Crippen molar-refractivity contribution in [2.45, 2.75) is 12.5 Å². The van der Waals surface area contributed by atoms with E-state index in [1.54, 1.807) is 18.2 Å². The van der Waals surface area contributed by atoms with Crippen LogP contribution in [0.2, 0.25) is 0 Å². The van der Waals surface area contributed by atoms with Crippen LogP contribution in [0.5, 0.6) is 0 Å². The Kier molecular flexibility index (Phi) is 3.48.